The second-order valence-electron chi connectivity index (χ2n) is 9.30. The van der Waals surface area contributed by atoms with Gasteiger partial charge < -0.3 is 13.9 Å². The van der Waals surface area contributed by atoms with E-state index in [-0.39, 0.29) is 18.4 Å². The molecule has 2 aromatic heterocycles. The summed E-state index contributed by atoms with van der Waals surface area (Å²) in [6, 6.07) is 15.2. The van der Waals surface area contributed by atoms with Crippen LogP contribution in [0.3, 0.4) is 0 Å². The van der Waals surface area contributed by atoms with Gasteiger partial charge in [-0.1, -0.05) is 46.2 Å². The lowest BCUT2D eigenvalue weighted by Crippen LogP contribution is -2.49. The average molecular weight is 434 g/mol. The number of furan rings is 1. The second kappa shape index (κ2) is 8.69. The molecule has 0 saturated heterocycles. The molecule has 168 valence electrons. The number of para-hydroxylation sites is 2. The molecule has 0 radical (unpaired) electrons. The fourth-order valence-corrected chi connectivity index (χ4v) is 4.29. The smallest absolute Gasteiger partial charge is 0.247 e. The van der Waals surface area contributed by atoms with Crippen LogP contribution in [0.15, 0.2) is 65.4 Å². The summed E-state index contributed by atoms with van der Waals surface area (Å²) in [6.07, 6.45) is 5.44. The zero-order valence-corrected chi connectivity index (χ0v) is 19.2. The van der Waals surface area contributed by atoms with E-state index in [1.807, 2.05) is 75.5 Å². The molecule has 0 N–H and O–H groups in total. The highest BCUT2D eigenvalue weighted by Crippen LogP contribution is 2.42. The lowest BCUT2D eigenvalue weighted by molar-refractivity contribution is -0.142. The van der Waals surface area contributed by atoms with E-state index in [1.54, 1.807) is 16.1 Å². The molecule has 3 heterocycles. The van der Waals surface area contributed by atoms with E-state index in [2.05, 4.69) is 11.5 Å². The molecule has 6 nitrogen and oxygen atoms in total. The van der Waals surface area contributed by atoms with Crippen molar-refractivity contribution in [2.45, 2.75) is 46.6 Å². The Morgan fingerprint density at radius 3 is 2.44 bits per heavy atom. The molecule has 1 aromatic carbocycles. The number of carbonyl (C=O) groups is 2. The van der Waals surface area contributed by atoms with Crippen LogP contribution >= 0.6 is 0 Å². The molecule has 1 unspecified atom stereocenters. The molecular formula is C26H31N3O3. The Hall–Kier alpha value is -3.28. The zero-order valence-electron chi connectivity index (χ0n) is 19.2. The molecule has 32 heavy (non-hydrogen) atoms. The van der Waals surface area contributed by atoms with Crippen molar-refractivity contribution in [1.82, 2.24) is 9.47 Å². The molecule has 3 aromatic rings. The molecule has 2 amide bonds. The zero-order chi connectivity index (χ0) is 22.9. The summed E-state index contributed by atoms with van der Waals surface area (Å²) in [5.41, 5.74) is 2.14. The Morgan fingerprint density at radius 2 is 1.78 bits per heavy atom. The van der Waals surface area contributed by atoms with Crippen molar-refractivity contribution in [3.05, 3.63) is 72.4 Å². The van der Waals surface area contributed by atoms with Crippen molar-refractivity contribution >= 4 is 17.5 Å². The number of fused-ring (bicyclic) bond motifs is 3. The molecule has 6 heteroatoms. The van der Waals surface area contributed by atoms with E-state index in [0.29, 0.717) is 12.3 Å². The van der Waals surface area contributed by atoms with E-state index in [4.69, 9.17) is 4.42 Å². The maximum Gasteiger partial charge on any atom is 0.247 e. The fourth-order valence-electron chi connectivity index (χ4n) is 4.29. The van der Waals surface area contributed by atoms with Crippen molar-refractivity contribution in [3.8, 4) is 5.69 Å². The third kappa shape index (κ3) is 3.97. The van der Waals surface area contributed by atoms with Gasteiger partial charge in [0.05, 0.1) is 23.3 Å². The van der Waals surface area contributed by atoms with Crippen molar-refractivity contribution in [2.75, 3.05) is 18.0 Å². The van der Waals surface area contributed by atoms with Gasteiger partial charge in [-0.15, -0.1) is 0 Å². The highest BCUT2D eigenvalue weighted by molar-refractivity contribution is 6.00. The highest BCUT2D eigenvalue weighted by Gasteiger charge is 2.39. The number of hydrogen-bond donors (Lipinski definition) is 0. The normalized spacial score (nSPS) is 15.2. The standard InChI is InChI=1S/C26H31N3O3/c1-5-6-15-27(25(31)26(2,3)4)18-23(30)29-20-12-8-7-11-19(20)28-16-9-13-21(28)24(29)22-14-10-17-32-22/h7-14,16-17,24H,5-6,15,18H2,1-4H3. The Labute approximate surface area is 189 Å². The van der Waals surface area contributed by atoms with Crippen molar-refractivity contribution < 1.29 is 14.0 Å². The monoisotopic (exact) mass is 433 g/mol. The van der Waals surface area contributed by atoms with E-state index >= 15 is 0 Å². The molecule has 4 rings (SSSR count). The van der Waals surface area contributed by atoms with Gasteiger partial charge in [0.15, 0.2) is 0 Å². The average Bonchev–Trinajstić information content (AvgIpc) is 3.46. The molecular weight excluding hydrogens is 402 g/mol. The SMILES string of the molecule is CCCCN(CC(=O)N1c2ccccc2-n2cccc2C1c1ccco1)C(=O)C(C)(C)C. The van der Waals surface area contributed by atoms with Crippen LogP contribution in [0.1, 0.15) is 58.0 Å². The molecule has 1 atom stereocenters. The van der Waals surface area contributed by atoms with Crippen LogP contribution in [-0.2, 0) is 9.59 Å². The van der Waals surface area contributed by atoms with E-state index in [9.17, 15) is 9.59 Å². The number of amides is 2. The number of benzene rings is 1. The molecule has 1 aliphatic rings. The van der Waals surface area contributed by atoms with Gasteiger partial charge in [-0.25, -0.2) is 0 Å². The first-order valence-corrected chi connectivity index (χ1v) is 11.2. The molecule has 0 bridgehead atoms. The van der Waals surface area contributed by atoms with Crippen LogP contribution in [0.2, 0.25) is 0 Å². The second-order valence-corrected chi connectivity index (χ2v) is 9.30. The van der Waals surface area contributed by atoms with Crippen LogP contribution in [0.5, 0.6) is 0 Å². The quantitative estimate of drug-likeness (QED) is 0.538. The topological polar surface area (TPSA) is 58.7 Å². The number of aromatic nitrogens is 1. The van der Waals surface area contributed by atoms with E-state index in [1.165, 1.54) is 0 Å². The summed E-state index contributed by atoms with van der Waals surface area (Å²) in [6.45, 7) is 8.37. The van der Waals surface area contributed by atoms with Gasteiger partial charge in [0.25, 0.3) is 0 Å². The van der Waals surface area contributed by atoms with Gasteiger partial charge in [-0.2, -0.15) is 0 Å². The summed E-state index contributed by atoms with van der Waals surface area (Å²) in [5.74, 6) is 0.553. The molecule has 0 saturated carbocycles. The third-order valence-electron chi connectivity index (χ3n) is 5.84. The van der Waals surface area contributed by atoms with E-state index < -0.39 is 11.5 Å². The fraction of sp³-hybridized carbons (Fsp3) is 0.385. The molecule has 0 aliphatic carbocycles. The van der Waals surface area contributed by atoms with Crippen LogP contribution < -0.4 is 4.90 Å². The Bertz CT molecular complexity index is 1090. The number of carbonyl (C=O) groups excluding carboxylic acids is 2. The number of nitrogens with zero attached hydrogens (tertiary/aromatic N) is 3. The van der Waals surface area contributed by atoms with Crippen LogP contribution in [0.4, 0.5) is 5.69 Å². The van der Waals surface area contributed by atoms with E-state index in [0.717, 1.165) is 29.9 Å². The van der Waals surface area contributed by atoms with Crippen LogP contribution in [-0.4, -0.2) is 34.4 Å². The maximum absolute atomic E-state index is 13.9. The molecule has 0 spiro atoms. The van der Waals surface area contributed by atoms with Gasteiger partial charge in [-0.05, 0) is 42.8 Å². The third-order valence-corrected chi connectivity index (χ3v) is 5.84. The first-order chi connectivity index (χ1) is 15.3. The minimum absolute atomic E-state index is 0.0116. The van der Waals surface area contributed by atoms with Crippen LogP contribution in [0, 0.1) is 5.41 Å². The molecule has 1 aliphatic heterocycles. The summed E-state index contributed by atoms with van der Waals surface area (Å²) in [7, 11) is 0. The van der Waals surface area contributed by atoms with Crippen molar-refractivity contribution in [1.29, 1.82) is 0 Å². The summed E-state index contributed by atoms with van der Waals surface area (Å²) in [4.78, 5) is 30.5. The summed E-state index contributed by atoms with van der Waals surface area (Å²) < 4.78 is 7.88. The number of hydrogen-bond acceptors (Lipinski definition) is 3. The highest BCUT2D eigenvalue weighted by atomic mass is 16.3. The number of unbranched alkanes of at least 4 members (excludes halogenated alkanes) is 1. The first kappa shape index (κ1) is 21.9. The minimum Gasteiger partial charge on any atom is -0.467 e. The summed E-state index contributed by atoms with van der Waals surface area (Å²) >= 11 is 0. The minimum atomic E-state index is -0.553. The van der Waals surface area contributed by atoms with Crippen molar-refractivity contribution in [2.24, 2.45) is 5.41 Å². The van der Waals surface area contributed by atoms with Gasteiger partial charge in [0.1, 0.15) is 18.3 Å². The van der Waals surface area contributed by atoms with Gasteiger partial charge in [0, 0.05) is 18.2 Å². The number of rotatable bonds is 6. The Kier molecular flexibility index (Phi) is 5.96. The molecule has 0 fully saturated rings. The lowest BCUT2D eigenvalue weighted by Gasteiger charge is -2.39. The van der Waals surface area contributed by atoms with Crippen molar-refractivity contribution in [3.63, 3.8) is 0 Å². The first-order valence-electron chi connectivity index (χ1n) is 11.2. The summed E-state index contributed by atoms with van der Waals surface area (Å²) in [5, 5.41) is 0. The maximum atomic E-state index is 13.9. The Morgan fingerprint density at radius 1 is 1.03 bits per heavy atom. The predicted octanol–water partition coefficient (Wildman–Crippen LogP) is 5.18. The van der Waals surface area contributed by atoms with Gasteiger partial charge >= 0.3 is 0 Å². The van der Waals surface area contributed by atoms with Gasteiger partial charge in [-0.3, -0.25) is 14.5 Å². The predicted molar refractivity (Wildman–Crippen MR) is 125 cm³/mol. The van der Waals surface area contributed by atoms with Gasteiger partial charge in [0.2, 0.25) is 11.8 Å². The largest absolute Gasteiger partial charge is 0.467 e. The van der Waals surface area contributed by atoms with Crippen LogP contribution in [0.25, 0.3) is 5.69 Å². The number of anilines is 1. The lowest BCUT2D eigenvalue weighted by atomic mass is 9.94. The Balaban J connectivity index is 1.75.